The number of carbonyl (C=O) groups excluding carboxylic acids is 1. The SMILES string of the molecule is C=C(C)CN(CC)C(=O)CN(C)Cc1csc(C)n1. The molecule has 0 atom stereocenters. The van der Waals surface area contributed by atoms with Gasteiger partial charge in [0.25, 0.3) is 0 Å². The van der Waals surface area contributed by atoms with Gasteiger partial charge in [-0.05, 0) is 27.8 Å². The summed E-state index contributed by atoms with van der Waals surface area (Å²) in [5.74, 6) is 0.139. The number of thiazole rings is 1. The van der Waals surface area contributed by atoms with Crippen LogP contribution in [0.4, 0.5) is 0 Å². The van der Waals surface area contributed by atoms with Crippen LogP contribution in [0.15, 0.2) is 17.5 Å². The molecule has 106 valence electrons. The largest absolute Gasteiger partial charge is 0.338 e. The van der Waals surface area contributed by atoms with E-state index >= 15 is 0 Å². The third-order valence-corrected chi connectivity index (χ3v) is 3.52. The molecule has 1 rings (SSSR count). The zero-order valence-electron chi connectivity index (χ0n) is 12.3. The van der Waals surface area contributed by atoms with Gasteiger partial charge in [0.15, 0.2) is 0 Å². The highest BCUT2D eigenvalue weighted by molar-refractivity contribution is 7.09. The maximum atomic E-state index is 12.1. The van der Waals surface area contributed by atoms with E-state index in [4.69, 9.17) is 0 Å². The van der Waals surface area contributed by atoms with Crippen LogP contribution in [0.1, 0.15) is 24.5 Å². The van der Waals surface area contributed by atoms with Crippen molar-refractivity contribution in [1.82, 2.24) is 14.8 Å². The fraction of sp³-hybridized carbons (Fsp3) is 0.571. The highest BCUT2D eigenvalue weighted by Crippen LogP contribution is 2.09. The van der Waals surface area contributed by atoms with Crippen LogP contribution in [-0.4, -0.2) is 47.4 Å². The Morgan fingerprint density at radius 3 is 2.63 bits per heavy atom. The van der Waals surface area contributed by atoms with E-state index in [1.54, 1.807) is 11.3 Å². The molecule has 0 aliphatic heterocycles. The lowest BCUT2D eigenvalue weighted by Crippen LogP contribution is -2.39. The Hall–Kier alpha value is -1.20. The van der Waals surface area contributed by atoms with Gasteiger partial charge in [0.2, 0.25) is 5.91 Å². The molecule has 1 aromatic heterocycles. The molecule has 0 saturated heterocycles. The highest BCUT2D eigenvalue weighted by Gasteiger charge is 2.14. The number of aromatic nitrogens is 1. The average molecular weight is 281 g/mol. The summed E-state index contributed by atoms with van der Waals surface area (Å²) in [7, 11) is 1.95. The second-order valence-corrected chi connectivity index (χ2v) is 5.96. The zero-order valence-corrected chi connectivity index (χ0v) is 13.1. The van der Waals surface area contributed by atoms with Gasteiger partial charge in [0.1, 0.15) is 0 Å². The lowest BCUT2D eigenvalue weighted by molar-refractivity contribution is -0.131. The Bertz CT molecular complexity index is 442. The van der Waals surface area contributed by atoms with Crippen molar-refractivity contribution in [2.75, 3.05) is 26.7 Å². The molecule has 0 aliphatic rings. The van der Waals surface area contributed by atoms with Gasteiger partial charge in [0, 0.05) is 25.0 Å². The lowest BCUT2D eigenvalue weighted by atomic mass is 10.3. The van der Waals surface area contributed by atoms with Crippen molar-refractivity contribution in [3.05, 3.63) is 28.2 Å². The summed E-state index contributed by atoms with van der Waals surface area (Å²) in [4.78, 5) is 20.4. The number of nitrogens with zero attached hydrogens (tertiary/aromatic N) is 3. The van der Waals surface area contributed by atoms with Crippen LogP contribution >= 0.6 is 11.3 Å². The molecule has 0 bridgehead atoms. The van der Waals surface area contributed by atoms with E-state index in [0.29, 0.717) is 19.6 Å². The van der Waals surface area contributed by atoms with Crippen molar-refractivity contribution in [2.45, 2.75) is 27.3 Å². The first kappa shape index (κ1) is 15.9. The van der Waals surface area contributed by atoms with Gasteiger partial charge >= 0.3 is 0 Å². The van der Waals surface area contributed by atoms with Gasteiger partial charge in [-0.2, -0.15) is 0 Å². The van der Waals surface area contributed by atoms with Crippen molar-refractivity contribution < 1.29 is 4.79 Å². The Kier molecular flexibility index (Phi) is 6.18. The number of carbonyl (C=O) groups is 1. The summed E-state index contributed by atoms with van der Waals surface area (Å²) in [5, 5.41) is 3.11. The number of amides is 1. The molecule has 1 amide bonds. The smallest absolute Gasteiger partial charge is 0.237 e. The number of aryl methyl sites for hydroxylation is 1. The molecule has 0 N–H and O–H groups in total. The summed E-state index contributed by atoms with van der Waals surface area (Å²) in [6.45, 7) is 12.3. The predicted molar refractivity (Wildman–Crippen MR) is 80.3 cm³/mol. The molecule has 19 heavy (non-hydrogen) atoms. The number of rotatable bonds is 7. The van der Waals surface area contributed by atoms with E-state index < -0.39 is 0 Å². The van der Waals surface area contributed by atoms with Gasteiger partial charge in [0.05, 0.1) is 17.2 Å². The molecule has 1 heterocycles. The molecule has 0 aliphatic carbocycles. The van der Waals surface area contributed by atoms with E-state index in [2.05, 4.69) is 11.6 Å². The minimum absolute atomic E-state index is 0.139. The number of hydrogen-bond acceptors (Lipinski definition) is 4. The molecule has 0 aromatic carbocycles. The minimum atomic E-state index is 0.139. The van der Waals surface area contributed by atoms with Crippen molar-refractivity contribution in [3.8, 4) is 0 Å². The van der Waals surface area contributed by atoms with Crippen LogP contribution in [0, 0.1) is 6.92 Å². The summed E-state index contributed by atoms with van der Waals surface area (Å²) in [5.41, 5.74) is 2.04. The van der Waals surface area contributed by atoms with Crippen molar-refractivity contribution in [3.63, 3.8) is 0 Å². The fourth-order valence-electron chi connectivity index (χ4n) is 1.85. The summed E-state index contributed by atoms with van der Waals surface area (Å²) < 4.78 is 0. The first-order valence-electron chi connectivity index (χ1n) is 6.44. The van der Waals surface area contributed by atoms with Crippen LogP contribution in [0.5, 0.6) is 0 Å². The van der Waals surface area contributed by atoms with Crippen molar-refractivity contribution in [2.24, 2.45) is 0 Å². The molecule has 4 nitrogen and oxygen atoms in total. The third-order valence-electron chi connectivity index (χ3n) is 2.70. The molecule has 0 spiro atoms. The van der Waals surface area contributed by atoms with E-state index in [-0.39, 0.29) is 5.91 Å². The van der Waals surface area contributed by atoms with Crippen molar-refractivity contribution >= 4 is 17.2 Å². The molecule has 0 radical (unpaired) electrons. The highest BCUT2D eigenvalue weighted by atomic mass is 32.1. The van der Waals surface area contributed by atoms with Gasteiger partial charge in [-0.1, -0.05) is 12.2 Å². The molecule has 1 aromatic rings. The topological polar surface area (TPSA) is 36.4 Å². The first-order chi connectivity index (χ1) is 8.92. The average Bonchev–Trinajstić information content (AvgIpc) is 2.70. The summed E-state index contributed by atoms with van der Waals surface area (Å²) in [6, 6.07) is 0. The van der Waals surface area contributed by atoms with Crippen LogP contribution in [-0.2, 0) is 11.3 Å². The van der Waals surface area contributed by atoms with Gasteiger partial charge < -0.3 is 4.90 Å². The molecule has 0 fully saturated rings. The number of hydrogen-bond donors (Lipinski definition) is 0. The monoisotopic (exact) mass is 281 g/mol. The van der Waals surface area contributed by atoms with Crippen LogP contribution in [0.2, 0.25) is 0 Å². The quantitative estimate of drug-likeness (QED) is 0.720. The second-order valence-electron chi connectivity index (χ2n) is 4.90. The van der Waals surface area contributed by atoms with E-state index in [1.165, 1.54) is 0 Å². The van der Waals surface area contributed by atoms with Gasteiger partial charge in [-0.3, -0.25) is 9.69 Å². The lowest BCUT2D eigenvalue weighted by Gasteiger charge is -2.24. The molecule has 0 saturated carbocycles. The Morgan fingerprint density at radius 1 is 1.47 bits per heavy atom. The molecule has 5 heteroatoms. The van der Waals surface area contributed by atoms with E-state index in [1.807, 2.05) is 43.0 Å². The van der Waals surface area contributed by atoms with Crippen LogP contribution in [0.25, 0.3) is 0 Å². The number of likely N-dealkylation sites (N-methyl/N-ethyl adjacent to an activating group) is 2. The standard InChI is InChI=1S/C14H23N3OS/c1-6-17(7-11(2)3)14(18)9-16(5)8-13-10-19-12(4)15-13/h10H,2,6-9H2,1,3-5H3. The Labute approximate surface area is 119 Å². The van der Waals surface area contributed by atoms with Crippen molar-refractivity contribution in [1.29, 1.82) is 0 Å². The van der Waals surface area contributed by atoms with E-state index in [0.717, 1.165) is 22.8 Å². The normalized spacial score (nSPS) is 10.8. The molecular weight excluding hydrogens is 258 g/mol. The Morgan fingerprint density at radius 2 is 2.16 bits per heavy atom. The maximum Gasteiger partial charge on any atom is 0.237 e. The minimum Gasteiger partial charge on any atom is -0.338 e. The summed E-state index contributed by atoms with van der Waals surface area (Å²) in [6.07, 6.45) is 0. The molecular formula is C14H23N3OS. The summed E-state index contributed by atoms with van der Waals surface area (Å²) >= 11 is 1.64. The van der Waals surface area contributed by atoms with Gasteiger partial charge in [-0.15, -0.1) is 11.3 Å². The van der Waals surface area contributed by atoms with Gasteiger partial charge in [-0.25, -0.2) is 4.98 Å². The maximum absolute atomic E-state index is 12.1. The van der Waals surface area contributed by atoms with Crippen LogP contribution < -0.4 is 0 Å². The van der Waals surface area contributed by atoms with E-state index in [9.17, 15) is 4.79 Å². The third kappa shape index (κ3) is 5.53. The first-order valence-corrected chi connectivity index (χ1v) is 7.32. The fourth-order valence-corrected chi connectivity index (χ4v) is 2.45. The Balaban J connectivity index is 2.48. The van der Waals surface area contributed by atoms with Crippen LogP contribution in [0.3, 0.4) is 0 Å². The zero-order chi connectivity index (χ0) is 14.4. The predicted octanol–water partition coefficient (Wildman–Crippen LogP) is 2.31. The molecule has 0 unspecified atom stereocenters. The second kappa shape index (κ2) is 7.40.